The first kappa shape index (κ1) is 12.0. The van der Waals surface area contributed by atoms with E-state index in [4.69, 9.17) is 0 Å². The van der Waals surface area contributed by atoms with Crippen molar-refractivity contribution in [2.45, 2.75) is 39.8 Å². The third kappa shape index (κ3) is 2.44. The summed E-state index contributed by atoms with van der Waals surface area (Å²) in [6.45, 7) is 12.1. The van der Waals surface area contributed by atoms with E-state index in [0.29, 0.717) is 12.1 Å². The summed E-state index contributed by atoms with van der Waals surface area (Å²) in [5.41, 5.74) is 1.27. The number of piperazine rings is 1. The van der Waals surface area contributed by atoms with Crippen LogP contribution in [0.5, 0.6) is 0 Å². The summed E-state index contributed by atoms with van der Waals surface area (Å²) in [4.78, 5) is 8.57. The SMILES string of the molecule is Cc1nc(C(C)N2CCNC(C)C2)c(C)s1. The number of nitrogens with zero attached hydrogens (tertiary/aromatic N) is 2. The third-order valence-corrected chi connectivity index (χ3v) is 4.19. The van der Waals surface area contributed by atoms with E-state index in [1.54, 1.807) is 0 Å². The molecule has 0 radical (unpaired) electrons. The largest absolute Gasteiger partial charge is 0.312 e. The van der Waals surface area contributed by atoms with Gasteiger partial charge in [0.2, 0.25) is 0 Å². The quantitative estimate of drug-likeness (QED) is 0.857. The Kier molecular flexibility index (Phi) is 3.62. The van der Waals surface area contributed by atoms with Gasteiger partial charge in [-0.3, -0.25) is 4.90 Å². The van der Waals surface area contributed by atoms with Crippen molar-refractivity contribution in [2.75, 3.05) is 19.6 Å². The molecule has 0 saturated carbocycles. The highest BCUT2D eigenvalue weighted by Gasteiger charge is 2.24. The van der Waals surface area contributed by atoms with Gasteiger partial charge in [-0.25, -0.2) is 4.98 Å². The molecule has 1 aromatic heterocycles. The van der Waals surface area contributed by atoms with Crippen molar-refractivity contribution in [1.82, 2.24) is 15.2 Å². The monoisotopic (exact) mass is 239 g/mol. The number of aromatic nitrogens is 1. The predicted octanol–water partition coefficient (Wildman–Crippen LogP) is 2.11. The molecule has 1 fully saturated rings. The highest BCUT2D eigenvalue weighted by molar-refractivity contribution is 7.11. The highest BCUT2D eigenvalue weighted by atomic mass is 32.1. The van der Waals surface area contributed by atoms with Gasteiger partial charge in [-0.05, 0) is 27.7 Å². The molecule has 3 nitrogen and oxygen atoms in total. The van der Waals surface area contributed by atoms with Crippen LogP contribution in [0.1, 0.15) is 35.5 Å². The standard InChI is InChI=1S/C12H21N3S/c1-8-7-15(6-5-13-8)9(2)12-10(3)16-11(4)14-12/h8-9,13H,5-7H2,1-4H3. The first-order valence-corrected chi connectivity index (χ1v) is 6.81. The Hall–Kier alpha value is -0.450. The van der Waals surface area contributed by atoms with Gasteiger partial charge in [-0.1, -0.05) is 0 Å². The Morgan fingerprint density at radius 3 is 2.81 bits per heavy atom. The van der Waals surface area contributed by atoms with Gasteiger partial charge < -0.3 is 5.32 Å². The van der Waals surface area contributed by atoms with Crippen molar-refractivity contribution in [2.24, 2.45) is 0 Å². The van der Waals surface area contributed by atoms with Gasteiger partial charge in [-0.15, -0.1) is 11.3 Å². The molecule has 1 aromatic rings. The summed E-state index contributed by atoms with van der Waals surface area (Å²) >= 11 is 1.81. The molecule has 4 heteroatoms. The van der Waals surface area contributed by atoms with Crippen LogP contribution in [0.2, 0.25) is 0 Å². The van der Waals surface area contributed by atoms with Crippen molar-refractivity contribution >= 4 is 11.3 Å². The van der Waals surface area contributed by atoms with Gasteiger partial charge in [-0.2, -0.15) is 0 Å². The smallest absolute Gasteiger partial charge is 0.0900 e. The van der Waals surface area contributed by atoms with Crippen LogP contribution in [0.3, 0.4) is 0 Å². The van der Waals surface area contributed by atoms with E-state index >= 15 is 0 Å². The number of nitrogens with one attached hydrogen (secondary N) is 1. The van der Waals surface area contributed by atoms with Gasteiger partial charge in [0.1, 0.15) is 0 Å². The maximum atomic E-state index is 4.67. The Morgan fingerprint density at radius 1 is 1.50 bits per heavy atom. The maximum absolute atomic E-state index is 4.67. The van der Waals surface area contributed by atoms with E-state index < -0.39 is 0 Å². The summed E-state index contributed by atoms with van der Waals surface area (Å²) in [6.07, 6.45) is 0. The highest BCUT2D eigenvalue weighted by Crippen LogP contribution is 2.27. The zero-order chi connectivity index (χ0) is 11.7. The van der Waals surface area contributed by atoms with Crippen molar-refractivity contribution in [3.63, 3.8) is 0 Å². The fourth-order valence-electron chi connectivity index (χ4n) is 2.42. The van der Waals surface area contributed by atoms with Crippen LogP contribution >= 0.6 is 11.3 Å². The maximum Gasteiger partial charge on any atom is 0.0900 e. The predicted molar refractivity (Wildman–Crippen MR) is 69.0 cm³/mol. The average molecular weight is 239 g/mol. The molecular formula is C12H21N3S. The summed E-state index contributed by atoms with van der Waals surface area (Å²) in [5, 5.41) is 4.66. The van der Waals surface area contributed by atoms with E-state index in [-0.39, 0.29) is 0 Å². The lowest BCUT2D eigenvalue weighted by Crippen LogP contribution is -2.49. The zero-order valence-electron chi connectivity index (χ0n) is 10.6. The molecule has 2 atom stereocenters. The average Bonchev–Trinajstić information content (AvgIpc) is 2.57. The Balaban J connectivity index is 2.11. The van der Waals surface area contributed by atoms with E-state index in [1.165, 1.54) is 15.6 Å². The number of hydrogen-bond acceptors (Lipinski definition) is 4. The third-order valence-electron chi connectivity index (χ3n) is 3.28. The molecule has 0 bridgehead atoms. The van der Waals surface area contributed by atoms with E-state index in [0.717, 1.165) is 19.6 Å². The first-order valence-electron chi connectivity index (χ1n) is 5.99. The van der Waals surface area contributed by atoms with Crippen molar-refractivity contribution in [3.8, 4) is 0 Å². The fraction of sp³-hybridized carbons (Fsp3) is 0.750. The fourth-order valence-corrected chi connectivity index (χ4v) is 3.33. The van der Waals surface area contributed by atoms with E-state index in [1.807, 2.05) is 11.3 Å². The number of rotatable bonds is 2. The number of hydrogen-bond donors (Lipinski definition) is 1. The van der Waals surface area contributed by atoms with Crippen LogP contribution in [0.4, 0.5) is 0 Å². The summed E-state index contributed by atoms with van der Waals surface area (Å²) in [7, 11) is 0. The lowest BCUT2D eigenvalue weighted by molar-refractivity contribution is 0.156. The molecule has 1 aliphatic heterocycles. The number of thiazole rings is 1. The minimum atomic E-state index is 0.453. The van der Waals surface area contributed by atoms with Crippen molar-refractivity contribution in [3.05, 3.63) is 15.6 Å². The molecular weight excluding hydrogens is 218 g/mol. The Bertz CT molecular complexity index is 361. The molecule has 1 saturated heterocycles. The van der Waals surface area contributed by atoms with Gasteiger partial charge in [0.15, 0.2) is 0 Å². The molecule has 0 aliphatic carbocycles. The molecule has 2 rings (SSSR count). The van der Waals surface area contributed by atoms with Crippen molar-refractivity contribution < 1.29 is 0 Å². The summed E-state index contributed by atoms with van der Waals surface area (Å²) in [5.74, 6) is 0. The molecule has 16 heavy (non-hydrogen) atoms. The first-order chi connectivity index (χ1) is 7.58. The van der Waals surface area contributed by atoms with Crippen LogP contribution < -0.4 is 5.32 Å². The summed E-state index contributed by atoms with van der Waals surface area (Å²) in [6, 6.07) is 1.05. The second kappa shape index (κ2) is 4.82. The van der Waals surface area contributed by atoms with Gasteiger partial charge >= 0.3 is 0 Å². The minimum Gasteiger partial charge on any atom is -0.312 e. The van der Waals surface area contributed by atoms with Crippen LogP contribution in [-0.2, 0) is 0 Å². The minimum absolute atomic E-state index is 0.453. The Morgan fingerprint density at radius 2 is 2.25 bits per heavy atom. The lowest BCUT2D eigenvalue weighted by Gasteiger charge is -2.35. The Labute approximate surface area is 102 Å². The van der Waals surface area contributed by atoms with Crippen LogP contribution in [-0.4, -0.2) is 35.6 Å². The van der Waals surface area contributed by atoms with Crippen molar-refractivity contribution in [1.29, 1.82) is 0 Å². The topological polar surface area (TPSA) is 28.2 Å². The molecule has 0 aromatic carbocycles. The molecule has 1 aliphatic rings. The van der Waals surface area contributed by atoms with Crippen LogP contribution in [0.15, 0.2) is 0 Å². The lowest BCUT2D eigenvalue weighted by atomic mass is 10.1. The van der Waals surface area contributed by atoms with E-state index in [2.05, 4.69) is 42.9 Å². The van der Waals surface area contributed by atoms with Gasteiger partial charge in [0.25, 0.3) is 0 Å². The van der Waals surface area contributed by atoms with Gasteiger partial charge in [0.05, 0.1) is 16.7 Å². The van der Waals surface area contributed by atoms with E-state index in [9.17, 15) is 0 Å². The molecule has 0 spiro atoms. The second-order valence-electron chi connectivity index (χ2n) is 4.70. The van der Waals surface area contributed by atoms with Crippen LogP contribution in [0.25, 0.3) is 0 Å². The molecule has 90 valence electrons. The molecule has 1 N–H and O–H groups in total. The molecule has 0 amide bonds. The molecule has 2 unspecified atom stereocenters. The molecule has 2 heterocycles. The van der Waals surface area contributed by atoms with Gasteiger partial charge in [0, 0.05) is 30.6 Å². The second-order valence-corrected chi connectivity index (χ2v) is 6.11. The normalized spacial score (nSPS) is 24.6. The zero-order valence-corrected chi connectivity index (χ0v) is 11.4. The van der Waals surface area contributed by atoms with Crippen LogP contribution in [0, 0.1) is 13.8 Å². The number of aryl methyl sites for hydroxylation is 2. The summed E-state index contributed by atoms with van der Waals surface area (Å²) < 4.78 is 0.